The fourth-order valence-electron chi connectivity index (χ4n) is 3.09. The zero-order chi connectivity index (χ0) is 17.2. The largest absolute Gasteiger partial charge is 0.493 e. The standard InChI is InChI=1S/C21H26O3/c1-5-11-22-15-7-9-17-19(13-15)24-20-14-16(23-12-6-2)8-10-18(20)21(17,3)4/h7-10,13-14H,5-6,11-12H2,1-4H3. The summed E-state index contributed by atoms with van der Waals surface area (Å²) in [6.45, 7) is 10.1. The van der Waals surface area contributed by atoms with Gasteiger partial charge in [-0.3, -0.25) is 0 Å². The number of fused-ring (bicyclic) bond motifs is 2. The van der Waals surface area contributed by atoms with Crippen molar-refractivity contribution in [3.05, 3.63) is 47.5 Å². The van der Waals surface area contributed by atoms with Crippen molar-refractivity contribution >= 4 is 0 Å². The Morgan fingerprint density at radius 1 is 0.792 bits per heavy atom. The van der Waals surface area contributed by atoms with Crippen molar-refractivity contribution in [1.29, 1.82) is 0 Å². The van der Waals surface area contributed by atoms with Crippen molar-refractivity contribution in [1.82, 2.24) is 0 Å². The molecule has 0 N–H and O–H groups in total. The van der Waals surface area contributed by atoms with Gasteiger partial charge in [-0.1, -0.05) is 39.8 Å². The van der Waals surface area contributed by atoms with Crippen LogP contribution in [0, 0.1) is 0 Å². The predicted octanol–water partition coefficient (Wildman–Crippen LogP) is 5.70. The van der Waals surface area contributed by atoms with Gasteiger partial charge in [0, 0.05) is 28.7 Å². The van der Waals surface area contributed by atoms with E-state index in [0.717, 1.165) is 35.8 Å². The van der Waals surface area contributed by atoms with E-state index in [1.165, 1.54) is 11.1 Å². The molecule has 0 saturated carbocycles. The Hall–Kier alpha value is -2.16. The summed E-state index contributed by atoms with van der Waals surface area (Å²) in [7, 11) is 0. The van der Waals surface area contributed by atoms with Crippen LogP contribution in [0.3, 0.4) is 0 Å². The fraction of sp³-hybridized carbons (Fsp3) is 0.429. The van der Waals surface area contributed by atoms with E-state index in [1.807, 2.05) is 24.3 Å². The Bertz CT molecular complexity index is 660. The van der Waals surface area contributed by atoms with Crippen LogP contribution in [-0.4, -0.2) is 13.2 Å². The molecule has 24 heavy (non-hydrogen) atoms. The van der Waals surface area contributed by atoms with Gasteiger partial charge in [-0.15, -0.1) is 0 Å². The summed E-state index contributed by atoms with van der Waals surface area (Å²) in [4.78, 5) is 0. The third-order valence-corrected chi connectivity index (χ3v) is 4.42. The summed E-state index contributed by atoms with van der Waals surface area (Å²) in [6, 6.07) is 12.3. The minimum Gasteiger partial charge on any atom is -0.493 e. The Morgan fingerprint density at radius 3 is 1.67 bits per heavy atom. The minimum atomic E-state index is -0.116. The monoisotopic (exact) mass is 326 g/mol. The minimum absolute atomic E-state index is 0.116. The van der Waals surface area contributed by atoms with Crippen LogP contribution in [0.25, 0.3) is 0 Å². The Labute approximate surface area is 144 Å². The maximum Gasteiger partial charge on any atom is 0.135 e. The first kappa shape index (κ1) is 16.7. The van der Waals surface area contributed by atoms with Crippen molar-refractivity contribution in [2.75, 3.05) is 13.2 Å². The van der Waals surface area contributed by atoms with E-state index in [2.05, 4.69) is 39.8 Å². The van der Waals surface area contributed by atoms with Crippen LogP contribution < -0.4 is 14.2 Å². The van der Waals surface area contributed by atoms with Crippen LogP contribution in [0.4, 0.5) is 0 Å². The number of hydrogen-bond donors (Lipinski definition) is 0. The highest BCUT2D eigenvalue weighted by atomic mass is 16.5. The number of rotatable bonds is 6. The Kier molecular flexibility index (Phi) is 4.70. The van der Waals surface area contributed by atoms with E-state index in [9.17, 15) is 0 Å². The van der Waals surface area contributed by atoms with Crippen LogP contribution in [-0.2, 0) is 5.41 Å². The van der Waals surface area contributed by atoms with Gasteiger partial charge in [0.15, 0.2) is 0 Å². The van der Waals surface area contributed by atoms with Gasteiger partial charge in [-0.05, 0) is 25.0 Å². The van der Waals surface area contributed by atoms with Crippen molar-refractivity contribution in [3.63, 3.8) is 0 Å². The summed E-state index contributed by atoms with van der Waals surface area (Å²) in [5.74, 6) is 3.45. The highest BCUT2D eigenvalue weighted by Gasteiger charge is 2.34. The third-order valence-electron chi connectivity index (χ3n) is 4.42. The molecule has 0 fully saturated rings. The summed E-state index contributed by atoms with van der Waals surface area (Å²) in [5.41, 5.74) is 2.25. The van der Waals surface area contributed by atoms with Crippen LogP contribution in [0.1, 0.15) is 51.7 Å². The molecule has 0 spiro atoms. The molecule has 0 radical (unpaired) electrons. The molecule has 0 atom stereocenters. The second kappa shape index (κ2) is 6.76. The lowest BCUT2D eigenvalue weighted by Gasteiger charge is -2.34. The lowest BCUT2D eigenvalue weighted by atomic mass is 9.76. The predicted molar refractivity (Wildman–Crippen MR) is 96.7 cm³/mol. The van der Waals surface area contributed by atoms with Crippen LogP contribution in [0.15, 0.2) is 36.4 Å². The maximum atomic E-state index is 6.19. The van der Waals surface area contributed by atoms with Gasteiger partial charge in [0.25, 0.3) is 0 Å². The summed E-state index contributed by atoms with van der Waals surface area (Å²) >= 11 is 0. The fourth-order valence-corrected chi connectivity index (χ4v) is 3.09. The molecule has 2 aromatic carbocycles. The molecule has 1 heterocycles. The molecule has 0 saturated heterocycles. The van der Waals surface area contributed by atoms with Crippen molar-refractivity contribution in [2.45, 2.75) is 46.0 Å². The smallest absolute Gasteiger partial charge is 0.135 e. The first-order valence-electron chi connectivity index (χ1n) is 8.78. The number of hydrogen-bond acceptors (Lipinski definition) is 3. The Balaban J connectivity index is 1.95. The first-order chi connectivity index (χ1) is 11.6. The van der Waals surface area contributed by atoms with Gasteiger partial charge < -0.3 is 14.2 Å². The molecular weight excluding hydrogens is 300 g/mol. The highest BCUT2D eigenvalue weighted by molar-refractivity contribution is 5.59. The number of ether oxygens (including phenoxy) is 3. The van der Waals surface area contributed by atoms with Crippen molar-refractivity contribution in [2.24, 2.45) is 0 Å². The molecule has 3 heteroatoms. The van der Waals surface area contributed by atoms with E-state index in [1.54, 1.807) is 0 Å². The lowest BCUT2D eigenvalue weighted by Crippen LogP contribution is -2.24. The van der Waals surface area contributed by atoms with Gasteiger partial charge in [-0.2, -0.15) is 0 Å². The molecule has 0 unspecified atom stereocenters. The van der Waals surface area contributed by atoms with Crippen molar-refractivity contribution in [3.8, 4) is 23.0 Å². The molecule has 0 bridgehead atoms. The summed E-state index contributed by atoms with van der Waals surface area (Å²) in [6.07, 6.45) is 1.98. The zero-order valence-electron chi connectivity index (χ0n) is 15.0. The topological polar surface area (TPSA) is 27.7 Å². The molecule has 0 aromatic heterocycles. The van der Waals surface area contributed by atoms with Gasteiger partial charge in [0.05, 0.1) is 13.2 Å². The summed E-state index contributed by atoms with van der Waals surface area (Å²) < 4.78 is 17.7. The van der Waals surface area contributed by atoms with Gasteiger partial charge in [-0.25, -0.2) is 0 Å². The molecule has 1 aliphatic heterocycles. The van der Waals surface area contributed by atoms with Crippen LogP contribution >= 0.6 is 0 Å². The molecule has 1 aliphatic rings. The van der Waals surface area contributed by atoms with E-state index >= 15 is 0 Å². The first-order valence-corrected chi connectivity index (χ1v) is 8.78. The highest BCUT2D eigenvalue weighted by Crippen LogP contribution is 2.49. The number of benzene rings is 2. The molecule has 0 amide bonds. The SMILES string of the molecule is CCCOc1ccc2c(c1)Oc1cc(OCCC)ccc1C2(C)C. The second-order valence-corrected chi connectivity index (χ2v) is 6.74. The molecule has 0 aliphatic carbocycles. The van der Waals surface area contributed by atoms with Gasteiger partial charge in [0.2, 0.25) is 0 Å². The van der Waals surface area contributed by atoms with Crippen molar-refractivity contribution < 1.29 is 14.2 Å². The van der Waals surface area contributed by atoms with E-state index in [4.69, 9.17) is 14.2 Å². The molecule has 128 valence electrons. The van der Waals surface area contributed by atoms with Gasteiger partial charge in [0.1, 0.15) is 23.0 Å². The quantitative estimate of drug-likeness (QED) is 0.682. The average Bonchev–Trinajstić information content (AvgIpc) is 2.57. The van der Waals surface area contributed by atoms with Crippen LogP contribution in [0.2, 0.25) is 0 Å². The molecule has 3 nitrogen and oxygen atoms in total. The average molecular weight is 326 g/mol. The maximum absolute atomic E-state index is 6.19. The molecular formula is C21H26O3. The molecule has 2 aromatic rings. The van der Waals surface area contributed by atoms with Crippen LogP contribution in [0.5, 0.6) is 23.0 Å². The van der Waals surface area contributed by atoms with Gasteiger partial charge >= 0.3 is 0 Å². The third kappa shape index (κ3) is 3.08. The van der Waals surface area contributed by atoms with E-state index in [0.29, 0.717) is 13.2 Å². The van der Waals surface area contributed by atoms with E-state index < -0.39 is 0 Å². The normalized spacial score (nSPS) is 14.3. The Morgan fingerprint density at radius 2 is 1.25 bits per heavy atom. The molecule has 3 rings (SSSR count). The van der Waals surface area contributed by atoms with E-state index in [-0.39, 0.29) is 5.41 Å². The zero-order valence-corrected chi connectivity index (χ0v) is 15.0. The second-order valence-electron chi connectivity index (χ2n) is 6.74. The summed E-state index contributed by atoms with van der Waals surface area (Å²) in [5, 5.41) is 0. The lowest BCUT2D eigenvalue weighted by molar-refractivity contribution is 0.311.